The van der Waals surface area contributed by atoms with Crippen LogP contribution in [0.15, 0.2) is 39.5 Å². The molecule has 132 valence electrons. The lowest BCUT2D eigenvalue weighted by molar-refractivity contribution is 0.0982. The lowest BCUT2D eigenvalue weighted by Gasteiger charge is -2.08. The fraction of sp³-hybridized carbons (Fsp3) is 0.167. The molecule has 3 aromatic rings. The smallest absolute Gasteiger partial charge is 0.196 e. The predicted octanol–water partition coefficient (Wildman–Crippen LogP) is 5.14. The number of nitrogens with zero attached hydrogens (tertiary/aromatic N) is 2. The minimum Gasteiger partial charge on any atom is -0.493 e. The van der Waals surface area contributed by atoms with Gasteiger partial charge in [0.05, 0.1) is 34.6 Å². The van der Waals surface area contributed by atoms with Gasteiger partial charge in [0.1, 0.15) is 5.01 Å². The zero-order valence-corrected chi connectivity index (χ0v) is 17.1. The summed E-state index contributed by atoms with van der Waals surface area (Å²) in [5, 5.41) is 11.8. The summed E-state index contributed by atoms with van der Waals surface area (Å²) in [5.74, 6) is 0.0619. The molecule has 0 saturated carbocycles. The molecule has 0 aliphatic carbocycles. The number of benzene rings is 1. The van der Waals surface area contributed by atoms with Crippen molar-refractivity contribution in [2.24, 2.45) is 0 Å². The van der Waals surface area contributed by atoms with E-state index in [-0.39, 0.29) is 5.78 Å². The summed E-state index contributed by atoms with van der Waals surface area (Å²) in [6, 6.07) is 11.1. The highest BCUT2D eigenvalue weighted by atomic mass is 79.9. The van der Waals surface area contributed by atoms with Crippen molar-refractivity contribution in [3.8, 4) is 28.8 Å². The largest absolute Gasteiger partial charge is 0.493 e. The number of nitriles is 1. The predicted molar refractivity (Wildman–Crippen MR) is 105 cm³/mol. The van der Waals surface area contributed by atoms with Gasteiger partial charge in [-0.1, -0.05) is 0 Å². The third-order valence-electron chi connectivity index (χ3n) is 3.66. The number of hydrogen-bond donors (Lipinski definition) is 0. The molecule has 0 amide bonds. The van der Waals surface area contributed by atoms with Gasteiger partial charge in [-0.25, -0.2) is 4.98 Å². The maximum Gasteiger partial charge on any atom is 0.196 e. The van der Waals surface area contributed by atoms with Crippen LogP contribution >= 0.6 is 38.6 Å². The summed E-state index contributed by atoms with van der Waals surface area (Å²) >= 11 is 5.94. The van der Waals surface area contributed by atoms with Crippen LogP contribution in [-0.4, -0.2) is 25.0 Å². The van der Waals surface area contributed by atoms with Gasteiger partial charge in [0.25, 0.3) is 0 Å². The minimum atomic E-state index is -0.917. The van der Waals surface area contributed by atoms with Crippen molar-refractivity contribution in [3.05, 3.63) is 49.4 Å². The number of aromatic nitrogens is 1. The number of rotatable bonds is 6. The molecule has 3 rings (SSSR count). The second kappa shape index (κ2) is 7.99. The molecule has 26 heavy (non-hydrogen) atoms. The Hall–Kier alpha value is -2.21. The molecule has 2 aromatic heterocycles. The average molecular weight is 449 g/mol. The molecule has 0 radical (unpaired) electrons. The van der Waals surface area contributed by atoms with Crippen LogP contribution in [0.3, 0.4) is 0 Å². The van der Waals surface area contributed by atoms with E-state index in [2.05, 4.69) is 27.0 Å². The van der Waals surface area contributed by atoms with Crippen LogP contribution in [0.5, 0.6) is 11.5 Å². The third-order valence-corrected chi connectivity index (χ3v) is 6.20. The first-order valence-corrected chi connectivity index (χ1v) is 9.93. The second-order valence-electron chi connectivity index (χ2n) is 5.17. The third kappa shape index (κ3) is 3.65. The number of thiazole rings is 1. The summed E-state index contributed by atoms with van der Waals surface area (Å²) in [6.07, 6.45) is 0. The first-order chi connectivity index (χ1) is 12.6. The number of ketones is 1. The van der Waals surface area contributed by atoms with E-state index in [0.29, 0.717) is 27.1 Å². The number of Topliss-reactive ketones (excluding diaryl/α,β-unsaturated/α-hetero) is 1. The van der Waals surface area contributed by atoms with Gasteiger partial charge in [-0.3, -0.25) is 4.79 Å². The van der Waals surface area contributed by atoms with Crippen molar-refractivity contribution in [3.63, 3.8) is 0 Å². The van der Waals surface area contributed by atoms with Crippen molar-refractivity contribution in [1.29, 1.82) is 5.26 Å². The molecule has 5 nitrogen and oxygen atoms in total. The Morgan fingerprint density at radius 1 is 1.23 bits per heavy atom. The number of carbonyl (C=O) groups is 1. The molecule has 1 atom stereocenters. The number of carbonyl (C=O) groups excluding carboxylic acids is 1. The SMILES string of the molecule is COc1ccc(-c2csc(C(C#N)C(=O)c3ccc(Br)s3)n2)cc1OC. The molecule has 0 saturated heterocycles. The van der Waals surface area contributed by atoms with Gasteiger partial charge >= 0.3 is 0 Å². The summed E-state index contributed by atoms with van der Waals surface area (Å²) in [7, 11) is 3.14. The van der Waals surface area contributed by atoms with Gasteiger partial charge in [0.15, 0.2) is 23.2 Å². The monoisotopic (exact) mass is 448 g/mol. The van der Waals surface area contributed by atoms with Gasteiger partial charge in [-0.2, -0.15) is 5.26 Å². The molecular weight excluding hydrogens is 436 g/mol. The van der Waals surface area contributed by atoms with Gasteiger partial charge < -0.3 is 9.47 Å². The van der Waals surface area contributed by atoms with Crippen LogP contribution in [0.2, 0.25) is 0 Å². The summed E-state index contributed by atoms with van der Waals surface area (Å²) in [4.78, 5) is 17.7. The maximum absolute atomic E-state index is 12.6. The molecular formula is C18H13BrN2O3S2. The fourth-order valence-corrected chi connectivity index (χ4v) is 4.59. The molecule has 0 aliphatic rings. The van der Waals surface area contributed by atoms with Crippen molar-refractivity contribution in [2.45, 2.75) is 5.92 Å². The van der Waals surface area contributed by atoms with Crippen molar-refractivity contribution in [2.75, 3.05) is 14.2 Å². The maximum atomic E-state index is 12.6. The van der Waals surface area contributed by atoms with Crippen molar-refractivity contribution in [1.82, 2.24) is 4.98 Å². The molecule has 0 fully saturated rings. The van der Waals surface area contributed by atoms with Crippen LogP contribution < -0.4 is 9.47 Å². The topological polar surface area (TPSA) is 72.2 Å². The van der Waals surface area contributed by atoms with Gasteiger partial charge in [-0.05, 0) is 46.3 Å². The van der Waals surface area contributed by atoms with Gasteiger partial charge in [-0.15, -0.1) is 22.7 Å². The molecule has 0 bridgehead atoms. The molecule has 1 aromatic carbocycles. The highest BCUT2D eigenvalue weighted by molar-refractivity contribution is 9.11. The van der Waals surface area contributed by atoms with Crippen molar-refractivity contribution >= 4 is 44.4 Å². The molecule has 0 aliphatic heterocycles. The highest BCUT2D eigenvalue weighted by Crippen LogP contribution is 2.35. The summed E-state index contributed by atoms with van der Waals surface area (Å²) < 4.78 is 11.4. The van der Waals surface area contributed by atoms with E-state index in [4.69, 9.17) is 9.47 Å². The van der Waals surface area contributed by atoms with E-state index in [9.17, 15) is 10.1 Å². The number of halogens is 1. The van der Waals surface area contributed by atoms with Crippen LogP contribution in [0.25, 0.3) is 11.3 Å². The Morgan fingerprint density at radius 2 is 2.00 bits per heavy atom. The Labute approximate surface area is 167 Å². The van der Waals surface area contributed by atoms with Crippen LogP contribution in [0, 0.1) is 11.3 Å². The molecule has 0 spiro atoms. The van der Waals surface area contributed by atoms with E-state index in [0.717, 1.165) is 9.35 Å². The number of thiophene rings is 1. The lowest BCUT2D eigenvalue weighted by Crippen LogP contribution is -2.09. The van der Waals surface area contributed by atoms with E-state index in [1.165, 1.54) is 22.7 Å². The zero-order valence-electron chi connectivity index (χ0n) is 13.9. The average Bonchev–Trinajstić information content (AvgIpc) is 3.31. The second-order valence-corrected chi connectivity index (χ2v) is 8.52. The van der Waals surface area contributed by atoms with Crippen LogP contribution in [0.4, 0.5) is 0 Å². The summed E-state index contributed by atoms with van der Waals surface area (Å²) in [5.41, 5.74) is 1.51. The van der Waals surface area contributed by atoms with Gasteiger partial charge in [0, 0.05) is 10.9 Å². The Morgan fingerprint density at radius 3 is 2.62 bits per heavy atom. The number of methoxy groups -OCH3 is 2. The van der Waals surface area contributed by atoms with Crippen molar-refractivity contribution < 1.29 is 14.3 Å². The quantitative estimate of drug-likeness (QED) is 0.488. The fourth-order valence-electron chi connectivity index (χ4n) is 2.36. The van der Waals surface area contributed by atoms with E-state index in [1.807, 2.05) is 17.5 Å². The molecule has 8 heteroatoms. The van der Waals surface area contributed by atoms with Crippen LogP contribution in [-0.2, 0) is 0 Å². The lowest BCUT2D eigenvalue weighted by atomic mass is 10.1. The molecule has 0 N–H and O–H groups in total. The Kier molecular flexibility index (Phi) is 5.71. The van der Waals surface area contributed by atoms with E-state index < -0.39 is 5.92 Å². The standard InChI is InChI=1S/C18H13BrN2O3S2/c1-23-13-4-3-10(7-14(13)24-2)12-9-25-18(21-12)11(8-20)17(22)15-5-6-16(19)26-15/h3-7,9,11H,1-2H3. The zero-order chi connectivity index (χ0) is 18.7. The first-order valence-electron chi connectivity index (χ1n) is 7.44. The Bertz CT molecular complexity index is 990. The molecule has 1 unspecified atom stereocenters. The van der Waals surface area contributed by atoms with Gasteiger partial charge in [0.2, 0.25) is 0 Å². The number of hydrogen-bond acceptors (Lipinski definition) is 7. The molecule has 2 heterocycles. The highest BCUT2D eigenvalue weighted by Gasteiger charge is 2.26. The van der Waals surface area contributed by atoms with E-state index in [1.54, 1.807) is 32.4 Å². The normalized spacial score (nSPS) is 11.6. The van der Waals surface area contributed by atoms with Crippen LogP contribution in [0.1, 0.15) is 20.6 Å². The minimum absolute atomic E-state index is 0.239. The van der Waals surface area contributed by atoms with E-state index >= 15 is 0 Å². The summed E-state index contributed by atoms with van der Waals surface area (Å²) in [6.45, 7) is 0. The first kappa shape index (κ1) is 18.6. The Balaban J connectivity index is 1.91. The number of ether oxygens (including phenoxy) is 2.